The molecule has 1 atom stereocenters. The number of piperidine rings is 1. The molecule has 24 heavy (non-hydrogen) atoms. The Kier molecular flexibility index (Phi) is 4.37. The van der Waals surface area contributed by atoms with Crippen molar-refractivity contribution in [3.63, 3.8) is 0 Å². The van der Waals surface area contributed by atoms with Crippen molar-refractivity contribution >= 4 is 21.6 Å². The molecular formula is C17H23ClN2O3S. The van der Waals surface area contributed by atoms with Gasteiger partial charge in [0.25, 0.3) is 0 Å². The number of benzene rings is 1. The first-order chi connectivity index (χ1) is 11.5. The summed E-state index contributed by atoms with van der Waals surface area (Å²) in [4.78, 5) is 2.78. The van der Waals surface area contributed by atoms with Gasteiger partial charge in [-0.3, -0.25) is 4.90 Å². The molecule has 0 N–H and O–H groups in total. The largest absolute Gasteiger partial charge is 0.371 e. The van der Waals surface area contributed by atoms with Gasteiger partial charge in [-0.25, -0.2) is 8.42 Å². The van der Waals surface area contributed by atoms with Crippen molar-refractivity contribution in [2.24, 2.45) is 0 Å². The maximum Gasteiger partial charge on any atom is 0.243 e. The standard InChI is InChI=1S/C17H23ClN2O3S/c18-14-5-4-6-16(9-14)24(21,22)20-12-17(13-20)10-15(11-23-17)19-7-2-1-3-8-19/h4-6,9,15H,1-3,7-8,10-13H2. The number of hydrogen-bond acceptors (Lipinski definition) is 4. The van der Waals surface area contributed by atoms with Crippen molar-refractivity contribution < 1.29 is 13.2 Å². The van der Waals surface area contributed by atoms with Gasteiger partial charge in [-0.15, -0.1) is 0 Å². The van der Waals surface area contributed by atoms with Gasteiger partial charge in [-0.05, 0) is 50.6 Å². The molecule has 5 nitrogen and oxygen atoms in total. The molecule has 3 heterocycles. The van der Waals surface area contributed by atoms with E-state index in [2.05, 4.69) is 4.90 Å². The van der Waals surface area contributed by atoms with Gasteiger partial charge in [0.15, 0.2) is 0 Å². The summed E-state index contributed by atoms with van der Waals surface area (Å²) in [6, 6.07) is 6.90. The van der Waals surface area contributed by atoms with E-state index in [1.165, 1.54) is 29.6 Å². The Morgan fingerprint density at radius 3 is 2.62 bits per heavy atom. The third-order valence-corrected chi connectivity index (χ3v) is 7.48. The van der Waals surface area contributed by atoms with E-state index in [-0.39, 0.29) is 10.5 Å². The Bertz CT molecular complexity index is 712. The third-order valence-electron chi connectivity index (χ3n) is 5.46. The molecule has 3 aliphatic rings. The monoisotopic (exact) mass is 370 g/mol. The van der Waals surface area contributed by atoms with E-state index in [0.717, 1.165) is 26.1 Å². The maximum atomic E-state index is 12.7. The van der Waals surface area contributed by atoms with E-state index in [4.69, 9.17) is 16.3 Å². The fourth-order valence-corrected chi connectivity index (χ4v) is 5.99. The number of sulfonamides is 1. The first-order valence-corrected chi connectivity index (χ1v) is 10.4. The Morgan fingerprint density at radius 2 is 1.92 bits per heavy atom. The highest BCUT2D eigenvalue weighted by Gasteiger charge is 2.54. The van der Waals surface area contributed by atoms with Crippen LogP contribution in [0, 0.1) is 0 Å². The Balaban J connectivity index is 1.41. The lowest BCUT2D eigenvalue weighted by molar-refractivity contribution is -0.0774. The first kappa shape index (κ1) is 16.8. The smallest absolute Gasteiger partial charge is 0.243 e. The van der Waals surface area contributed by atoms with Gasteiger partial charge in [-0.2, -0.15) is 4.31 Å². The summed E-state index contributed by atoms with van der Waals surface area (Å²) >= 11 is 5.93. The van der Waals surface area contributed by atoms with Gasteiger partial charge in [0.05, 0.1) is 17.1 Å². The van der Waals surface area contributed by atoms with Crippen molar-refractivity contribution in [1.29, 1.82) is 0 Å². The molecule has 1 spiro atoms. The topological polar surface area (TPSA) is 49.9 Å². The summed E-state index contributed by atoms with van der Waals surface area (Å²) in [5.74, 6) is 0. The lowest BCUT2D eigenvalue weighted by Crippen LogP contribution is -2.63. The fourth-order valence-electron chi connectivity index (χ4n) is 4.10. The van der Waals surface area contributed by atoms with E-state index in [1.807, 2.05) is 0 Å². The predicted octanol–water partition coefficient (Wildman–Crippen LogP) is 2.36. The molecule has 1 aromatic rings. The van der Waals surface area contributed by atoms with Crippen LogP contribution in [0.1, 0.15) is 25.7 Å². The van der Waals surface area contributed by atoms with Crippen LogP contribution in [0.4, 0.5) is 0 Å². The normalized spacial score (nSPS) is 28.1. The van der Waals surface area contributed by atoms with Crippen LogP contribution in [0.25, 0.3) is 0 Å². The van der Waals surface area contributed by atoms with Crippen molar-refractivity contribution in [2.75, 3.05) is 32.8 Å². The maximum absolute atomic E-state index is 12.7. The molecule has 7 heteroatoms. The minimum absolute atomic E-state index is 0.260. The molecule has 0 bridgehead atoms. The molecule has 3 aliphatic heterocycles. The van der Waals surface area contributed by atoms with Crippen LogP contribution in [0.15, 0.2) is 29.2 Å². The molecule has 0 aromatic heterocycles. The van der Waals surface area contributed by atoms with E-state index >= 15 is 0 Å². The van der Waals surface area contributed by atoms with Gasteiger partial charge in [0.1, 0.15) is 0 Å². The van der Waals surface area contributed by atoms with E-state index in [9.17, 15) is 8.42 Å². The quantitative estimate of drug-likeness (QED) is 0.819. The summed E-state index contributed by atoms with van der Waals surface area (Å²) in [5.41, 5.74) is -0.284. The summed E-state index contributed by atoms with van der Waals surface area (Å²) in [6.07, 6.45) is 4.78. The highest BCUT2D eigenvalue weighted by molar-refractivity contribution is 7.89. The van der Waals surface area contributed by atoms with Crippen LogP contribution in [0.5, 0.6) is 0 Å². The highest BCUT2D eigenvalue weighted by atomic mass is 35.5. The molecule has 0 radical (unpaired) electrons. The summed E-state index contributed by atoms with van der Waals surface area (Å²) in [7, 11) is -3.48. The molecular weight excluding hydrogens is 348 g/mol. The molecule has 0 saturated carbocycles. The average Bonchev–Trinajstić information content (AvgIpc) is 3.00. The van der Waals surface area contributed by atoms with Crippen LogP contribution in [0.3, 0.4) is 0 Å². The molecule has 0 amide bonds. The molecule has 1 aromatic carbocycles. The van der Waals surface area contributed by atoms with Crippen LogP contribution in [-0.4, -0.2) is 62.1 Å². The SMILES string of the molecule is O=S(=O)(c1cccc(Cl)c1)N1CC2(CC(N3CCCCC3)CO2)C1. The summed E-state index contributed by atoms with van der Waals surface area (Å²) in [6.45, 7) is 3.92. The molecule has 3 saturated heterocycles. The van der Waals surface area contributed by atoms with E-state index < -0.39 is 10.0 Å². The number of nitrogens with zero attached hydrogens (tertiary/aromatic N) is 2. The number of rotatable bonds is 3. The van der Waals surface area contributed by atoms with Crippen LogP contribution < -0.4 is 0 Å². The van der Waals surface area contributed by atoms with Gasteiger partial charge in [-0.1, -0.05) is 24.1 Å². The van der Waals surface area contributed by atoms with Gasteiger partial charge in [0, 0.05) is 24.2 Å². The van der Waals surface area contributed by atoms with Crippen LogP contribution >= 0.6 is 11.6 Å². The lowest BCUT2D eigenvalue weighted by atomic mass is 9.91. The molecule has 3 fully saturated rings. The average molecular weight is 371 g/mol. The Labute approximate surface area is 148 Å². The molecule has 4 rings (SSSR count). The van der Waals surface area contributed by atoms with Gasteiger partial charge in [0.2, 0.25) is 10.0 Å². The van der Waals surface area contributed by atoms with E-state index in [0.29, 0.717) is 24.2 Å². The second-order valence-corrected chi connectivity index (χ2v) is 9.55. The number of hydrogen-bond donors (Lipinski definition) is 0. The zero-order chi connectivity index (χ0) is 16.8. The van der Waals surface area contributed by atoms with Crippen molar-refractivity contribution in [3.05, 3.63) is 29.3 Å². The fraction of sp³-hybridized carbons (Fsp3) is 0.647. The number of halogens is 1. The van der Waals surface area contributed by atoms with E-state index in [1.54, 1.807) is 18.2 Å². The zero-order valence-corrected chi connectivity index (χ0v) is 15.2. The third kappa shape index (κ3) is 2.99. The first-order valence-electron chi connectivity index (χ1n) is 8.62. The Morgan fingerprint density at radius 1 is 1.17 bits per heavy atom. The highest BCUT2D eigenvalue weighted by Crippen LogP contribution is 2.40. The zero-order valence-electron chi connectivity index (χ0n) is 13.7. The number of likely N-dealkylation sites (tertiary alicyclic amines) is 1. The summed E-state index contributed by atoms with van der Waals surface area (Å²) < 4.78 is 32.9. The van der Waals surface area contributed by atoms with Crippen molar-refractivity contribution in [1.82, 2.24) is 9.21 Å². The number of ether oxygens (including phenoxy) is 1. The summed E-state index contributed by atoms with van der Waals surface area (Å²) in [5, 5.41) is 0.439. The van der Waals surface area contributed by atoms with Crippen LogP contribution in [0.2, 0.25) is 5.02 Å². The molecule has 0 aliphatic carbocycles. The van der Waals surface area contributed by atoms with Gasteiger partial charge < -0.3 is 4.74 Å². The second-order valence-electron chi connectivity index (χ2n) is 7.18. The van der Waals surface area contributed by atoms with Crippen LogP contribution in [-0.2, 0) is 14.8 Å². The minimum Gasteiger partial charge on any atom is -0.371 e. The Hall–Kier alpha value is -0.660. The lowest BCUT2D eigenvalue weighted by Gasteiger charge is -2.46. The minimum atomic E-state index is -3.48. The second kappa shape index (κ2) is 6.25. The van der Waals surface area contributed by atoms with Crippen molar-refractivity contribution in [2.45, 2.75) is 42.2 Å². The predicted molar refractivity (Wildman–Crippen MR) is 92.7 cm³/mol. The van der Waals surface area contributed by atoms with Crippen molar-refractivity contribution in [3.8, 4) is 0 Å². The molecule has 132 valence electrons. The molecule has 1 unspecified atom stereocenters. The van der Waals surface area contributed by atoms with Gasteiger partial charge >= 0.3 is 0 Å².